The van der Waals surface area contributed by atoms with Gasteiger partial charge in [-0.05, 0) is 199 Å². The molecule has 0 saturated heterocycles. The van der Waals surface area contributed by atoms with Gasteiger partial charge in [0.1, 0.15) is 6.17 Å². The number of hydrogen-bond acceptors (Lipinski definition) is 3. The summed E-state index contributed by atoms with van der Waals surface area (Å²) in [6.45, 7) is 44.1. The molecule has 0 fully saturated rings. The Labute approximate surface area is 573 Å². The van der Waals surface area contributed by atoms with E-state index in [9.17, 15) is 0 Å². The molecule has 1 heterocycles. The van der Waals surface area contributed by atoms with E-state index in [1.807, 2.05) is 69.2 Å². The average molecular weight is 1250 g/mol. The number of hydrogen-bond donors (Lipinski definition) is 2. The summed E-state index contributed by atoms with van der Waals surface area (Å²) < 4.78 is 0. The van der Waals surface area contributed by atoms with Crippen LogP contribution >= 0.6 is 0 Å². The smallest absolute Gasteiger partial charge is 0.106 e. The molecule has 0 amide bonds. The molecule has 0 spiro atoms. The van der Waals surface area contributed by atoms with E-state index in [0.29, 0.717) is 0 Å². The predicted molar refractivity (Wildman–Crippen MR) is 424 cm³/mol. The molecule has 2 N–H and O–H groups in total. The van der Waals surface area contributed by atoms with E-state index in [1.165, 1.54) is 131 Å². The van der Waals surface area contributed by atoms with Gasteiger partial charge in [-0.25, -0.2) is 0 Å². The molecule has 3 nitrogen and oxygen atoms in total. The highest BCUT2D eigenvalue weighted by atomic mass is 15.3. The third kappa shape index (κ3) is 23.0. The Bertz CT molecular complexity index is 3660. The maximum absolute atomic E-state index is 4.07. The van der Waals surface area contributed by atoms with Crippen LogP contribution in [0.15, 0.2) is 267 Å². The molecule has 94 heavy (non-hydrogen) atoms. The number of fused-ring (bicyclic) bond motifs is 2. The van der Waals surface area contributed by atoms with Crippen LogP contribution in [-0.2, 0) is 0 Å². The van der Waals surface area contributed by atoms with Crippen molar-refractivity contribution >= 4 is 27.6 Å². The van der Waals surface area contributed by atoms with Crippen molar-refractivity contribution in [1.82, 2.24) is 10.2 Å². The summed E-state index contributed by atoms with van der Waals surface area (Å²) in [5.41, 5.74) is 23.2. The molecule has 8 aromatic rings. The van der Waals surface area contributed by atoms with Crippen LogP contribution in [0.2, 0.25) is 0 Å². The van der Waals surface area contributed by atoms with Gasteiger partial charge in [-0.15, -0.1) is 0 Å². The Balaban J connectivity index is 0.000000762. The first-order valence-corrected chi connectivity index (χ1v) is 35.5. The molecule has 498 valence electrons. The van der Waals surface area contributed by atoms with Crippen molar-refractivity contribution in [1.29, 1.82) is 0 Å². The van der Waals surface area contributed by atoms with E-state index >= 15 is 0 Å². The normalized spacial score (nSPS) is 14.9. The van der Waals surface area contributed by atoms with Gasteiger partial charge >= 0.3 is 0 Å². The Morgan fingerprint density at radius 3 is 1.72 bits per heavy atom. The van der Waals surface area contributed by atoms with Gasteiger partial charge in [0.15, 0.2) is 0 Å². The molecule has 1 aliphatic heterocycles. The highest BCUT2D eigenvalue weighted by Crippen LogP contribution is 2.44. The molecule has 0 aromatic heterocycles. The van der Waals surface area contributed by atoms with Crippen LogP contribution in [0.3, 0.4) is 0 Å². The zero-order valence-electron chi connectivity index (χ0n) is 61.5. The SMILES string of the molecule is C/C=C\C(=C/C)c1cccc(-c2ccc(C3c4ccccc4NC(c4ccc5cc(C(NC(C)c6ccc(-c7cccc(C8=CC=CCC8)c7)cc6)c6ccccc6C)ccc5c4)N3C)cc2)c1.C=CC=C.CC.CC.CC.CC.CC.CC1=C(C)CCC=C1.CCCC. The standard InChI is InChI=1S/C65H61N3.C8H12.C4H10.C4H6.5C2H6/c1-6-17-46(7-2)52-21-15-23-54(40-52)50-32-34-51(35-33-50)64-61-26-13-14-27-62(61)67-65(68(64)5)59-39-37-56-42-58(38-36-57(56)43-59)63(60-25-12-11-18-44(60)3)66-45(4)47-28-30-49(31-29-47)55-24-16-22-53(41-55)48-19-9-8-10-20-48;1-7-5-3-4-6-8(7)2;2*1-3-4-2;5*1-2/h6-9,11-19,21-43,45,63-67H,10,20H2,1-5H3;3,5H,4,6H2,1-2H3;3-4H2,1-2H3;3-4H,1-2H2;5*1-2H3/b17-6-,46-7+;;;;;;;;. The molecule has 8 aromatic carbocycles. The second kappa shape index (κ2) is 45.1. The van der Waals surface area contributed by atoms with Crippen molar-refractivity contribution in [2.24, 2.45) is 0 Å². The van der Waals surface area contributed by atoms with Gasteiger partial charge < -0.3 is 5.32 Å². The van der Waals surface area contributed by atoms with Crippen LogP contribution in [0.4, 0.5) is 5.69 Å². The molecule has 4 atom stereocenters. The van der Waals surface area contributed by atoms with Crippen LogP contribution in [0.25, 0.3) is 44.2 Å². The van der Waals surface area contributed by atoms with Crippen molar-refractivity contribution in [3.05, 3.63) is 317 Å². The summed E-state index contributed by atoms with van der Waals surface area (Å²) in [6.07, 6.45) is 28.2. The van der Waals surface area contributed by atoms with E-state index in [-0.39, 0.29) is 24.3 Å². The van der Waals surface area contributed by atoms with Gasteiger partial charge in [-0.3, -0.25) is 10.2 Å². The van der Waals surface area contributed by atoms with E-state index < -0.39 is 0 Å². The van der Waals surface area contributed by atoms with Gasteiger partial charge in [0.2, 0.25) is 0 Å². The largest absolute Gasteiger partial charge is 0.366 e. The van der Waals surface area contributed by atoms with Crippen LogP contribution in [-0.4, -0.2) is 11.9 Å². The van der Waals surface area contributed by atoms with Gasteiger partial charge in [-0.1, -0.05) is 333 Å². The van der Waals surface area contributed by atoms with Crippen molar-refractivity contribution in [3.63, 3.8) is 0 Å². The molecule has 0 saturated carbocycles. The van der Waals surface area contributed by atoms with E-state index in [1.54, 1.807) is 17.7 Å². The number of anilines is 1. The molecule has 3 heteroatoms. The van der Waals surface area contributed by atoms with Crippen LogP contribution in [0.5, 0.6) is 0 Å². The molecule has 3 aliphatic rings. The number of aryl methyl sites for hydroxylation is 1. The van der Waals surface area contributed by atoms with Gasteiger partial charge in [-0.2, -0.15) is 0 Å². The number of nitrogens with zero attached hydrogens (tertiary/aromatic N) is 1. The lowest BCUT2D eigenvalue weighted by Gasteiger charge is -2.42. The summed E-state index contributed by atoms with van der Waals surface area (Å²) in [6, 6.07) is 68.0. The molecule has 0 radical (unpaired) electrons. The van der Waals surface area contributed by atoms with Crippen molar-refractivity contribution < 1.29 is 0 Å². The maximum Gasteiger partial charge on any atom is 0.106 e. The van der Waals surface area contributed by atoms with Crippen molar-refractivity contribution in [3.8, 4) is 22.3 Å². The first kappa shape index (κ1) is 79.9. The van der Waals surface area contributed by atoms with Crippen LogP contribution in [0.1, 0.15) is 231 Å². The minimum absolute atomic E-state index is 0.00653. The Hall–Kier alpha value is -8.34. The molecular weight excluding hydrogens is 1140 g/mol. The second-order valence-corrected chi connectivity index (χ2v) is 22.4. The van der Waals surface area contributed by atoms with Gasteiger partial charge in [0.05, 0.1) is 12.1 Å². The summed E-state index contributed by atoms with van der Waals surface area (Å²) in [5, 5.41) is 10.5. The number of allylic oxidation sites excluding steroid dienone is 14. The fourth-order valence-electron chi connectivity index (χ4n) is 11.4. The first-order valence-electron chi connectivity index (χ1n) is 35.5. The third-order valence-corrected chi connectivity index (χ3v) is 16.6. The summed E-state index contributed by atoms with van der Waals surface area (Å²) in [7, 11) is 2.25. The predicted octanol–water partition coefficient (Wildman–Crippen LogP) is 27.7. The van der Waals surface area contributed by atoms with E-state index in [2.05, 4.69) is 322 Å². The van der Waals surface area contributed by atoms with Crippen molar-refractivity contribution in [2.75, 3.05) is 12.4 Å². The molecule has 4 unspecified atom stereocenters. The molecule has 2 aliphatic carbocycles. The van der Waals surface area contributed by atoms with Gasteiger partial charge in [0.25, 0.3) is 0 Å². The molecule has 0 bridgehead atoms. The lowest BCUT2D eigenvalue weighted by atomic mass is 9.89. The average Bonchev–Trinajstić information content (AvgIpc) is 0.766. The zero-order valence-corrected chi connectivity index (χ0v) is 61.5. The van der Waals surface area contributed by atoms with Crippen molar-refractivity contribution in [2.45, 2.75) is 187 Å². The molecule has 11 rings (SSSR count). The Kier molecular flexibility index (Phi) is 38.3. The minimum Gasteiger partial charge on any atom is -0.366 e. The minimum atomic E-state index is -0.0227. The summed E-state index contributed by atoms with van der Waals surface area (Å²) >= 11 is 0. The van der Waals surface area contributed by atoms with E-state index in [0.717, 1.165) is 12.8 Å². The van der Waals surface area contributed by atoms with Gasteiger partial charge in [0, 0.05) is 11.7 Å². The van der Waals surface area contributed by atoms with Crippen LogP contribution in [0, 0.1) is 6.92 Å². The highest BCUT2D eigenvalue weighted by Gasteiger charge is 2.33. The molecular formula is C91H119N3. The summed E-state index contributed by atoms with van der Waals surface area (Å²) in [5.74, 6) is 0. The summed E-state index contributed by atoms with van der Waals surface area (Å²) in [4.78, 5) is 2.49. The van der Waals surface area contributed by atoms with E-state index in [4.69, 9.17) is 0 Å². The lowest BCUT2D eigenvalue weighted by Crippen LogP contribution is -2.38. The number of benzene rings is 8. The fraction of sp³-hybridized carbons (Fsp3) is 0.319. The quantitative estimate of drug-likeness (QED) is 0.106. The van der Waals surface area contributed by atoms with Crippen LogP contribution < -0.4 is 10.6 Å². The Morgan fingerprint density at radius 2 is 1.14 bits per heavy atom. The number of unbranched alkanes of at least 4 members (excludes halogenated alkanes) is 1. The highest BCUT2D eigenvalue weighted by molar-refractivity contribution is 5.85. The second-order valence-electron chi connectivity index (χ2n) is 22.4. The number of rotatable bonds is 14. The number of nitrogens with one attached hydrogen (secondary N) is 2. The first-order chi connectivity index (χ1) is 46.0. The fourth-order valence-corrected chi connectivity index (χ4v) is 11.4. The maximum atomic E-state index is 4.07. The number of para-hydroxylation sites is 1. The zero-order chi connectivity index (χ0) is 69.4. The lowest BCUT2D eigenvalue weighted by molar-refractivity contribution is 0.209. The topological polar surface area (TPSA) is 27.3 Å². The Morgan fingerprint density at radius 1 is 0.574 bits per heavy atom. The monoisotopic (exact) mass is 1250 g/mol. The third-order valence-electron chi connectivity index (χ3n) is 16.6.